The van der Waals surface area contributed by atoms with Crippen LogP contribution in [0.25, 0.3) is 0 Å². The van der Waals surface area contributed by atoms with Crippen molar-refractivity contribution in [1.29, 1.82) is 0 Å². The molecule has 0 bridgehead atoms. The molecule has 4 unspecified atom stereocenters. The van der Waals surface area contributed by atoms with Gasteiger partial charge in [0.2, 0.25) is 5.91 Å². The molecule has 0 aromatic heterocycles. The molecule has 35 heavy (non-hydrogen) atoms. The summed E-state index contributed by atoms with van der Waals surface area (Å²) in [5.41, 5.74) is 1.54. The summed E-state index contributed by atoms with van der Waals surface area (Å²) >= 11 is 0. The van der Waals surface area contributed by atoms with E-state index in [9.17, 15) is 14.7 Å². The number of imide groups is 1. The molecular weight excluding hydrogens is 442 g/mol. The number of piperidine rings is 1. The lowest BCUT2D eigenvalue weighted by Crippen LogP contribution is -2.70. The number of nitrogens with one attached hydrogen (secondary N) is 1. The smallest absolute Gasteiger partial charge is 0.346 e. The third-order valence-corrected chi connectivity index (χ3v) is 8.30. The Balaban J connectivity index is 1.74. The van der Waals surface area contributed by atoms with Gasteiger partial charge in [-0.25, -0.2) is 9.79 Å². The number of nitrogens with zero attached hydrogens (tertiary/aromatic N) is 2. The molecule has 4 rings (SSSR count). The lowest BCUT2D eigenvalue weighted by Gasteiger charge is -2.61. The minimum absolute atomic E-state index is 0.137. The summed E-state index contributed by atoms with van der Waals surface area (Å²) in [4.78, 5) is 30.4. The van der Waals surface area contributed by atoms with E-state index in [1.807, 2.05) is 43.3 Å². The van der Waals surface area contributed by atoms with Crippen molar-refractivity contribution in [3.8, 4) is 5.75 Å². The van der Waals surface area contributed by atoms with E-state index in [4.69, 9.17) is 4.74 Å². The molecule has 7 heteroatoms. The van der Waals surface area contributed by atoms with Crippen LogP contribution >= 0.6 is 0 Å². The number of fused-ring (bicyclic) bond motifs is 1. The molecule has 1 saturated heterocycles. The minimum Gasteiger partial charge on any atom is -0.497 e. The van der Waals surface area contributed by atoms with Gasteiger partial charge in [-0.1, -0.05) is 36.4 Å². The topological polar surface area (TPSA) is 91.2 Å². The number of aliphatic hydroxyl groups is 1. The van der Waals surface area contributed by atoms with E-state index in [2.05, 4.69) is 41.0 Å². The Morgan fingerprint density at radius 1 is 1.23 bits per heavy atom. The fourth-order valence-electron chi connectivity index (χ4n) is 6.32. The van der Waals surface area contributed by atoms with Crippen LogP contribution < -0.4 is 10.1 Å². The zero-order valence-corrected chi connectivity index (χ0v) is 20.8. The number of likely N-dealkylation sites (tertiary alicyclic amines) is 1. The summed E-state index contributed by atoms with van der Waals surface area (Å²) in [7, 11) is 1.63. The number of methoxy groups -OCH3 is 1. The van der Waals surface area contributed by atoms with Crippen molar-refractivity contribution in [3.63, 3.8) is 0 Å². The van der Waals surface area contributed by atoms with Crippen molar-refractivity contribution in [2.75, 3.05) is 13.7 Å². The molecule has 1 aliphatic heterocycles. The quantitative estimate of drug-likeness (QED) is 0.635. The minimum atomic E-state index is -1.06. The summed E-state index contributed by atoms with van der Waals surface area (Å²) in [6.07, 6.45) is 2.06. The Bertz CT molecular complexity index is 1100. The number of benzene rings is 2. The molecule has 2 fully saturated rings. The number of aryl methyl sites for hydroxylation is 1. The SMILES string of the molecule is C=NC(=O)NC(=O)C1CCC2(O)C(C)N(Cc3ccccc3)CCC2(c2cc(OC)ccc2C)C1. The van der Waals surface area contributed by atoms with Crippen molar-refractivity contribution in [2.24, 2.45) is 10.9 Å². The van der Waals surface area contributed by atoms with E-state index >= 15 is 0 Å². The van der Waals surface area contributed by atoms with Gasteiger partial charge in [-0.15, -0.1) is 0 Å². The molecule has 2 aromatic carbocycles. The van der Waals surface area contributed by atoms with Gasteiger partial charge in [-0.3, -0.25) is 15.0 Å². The van der Waals surface area contributed by atoms with E-state index < -0.39 is 23.0 Å². The van der Waals surface area contributed by atoms with E-state index in [1.165, 1.54) is 5.56 Å². The second-order valence-electron chi connectivity index (χ2n) is 9.96. The highest BCUT2D eigenvalue weighted by atomic mass is 16.5. The lowest BCUT2D eigenvalue weighted by molar-refractivity contribution is -0.168. The molecule has 0 radical (unpaired) electrons. The molecule has 7 nitrogen and oxygen atoms in total. The Morgan fingerprint density at radius 3 is 2.66 bits per heavy atom. The number of hydrogen-bond acceptors (Lipinski definition) is 5. The number of urea groups is 1. The highest BCUT2D eigenvalue weighted by Crippen LogP contribution is 2.56. The van der Waals surface area contributed by atoms with Gasteiger partial charge in [-0.2, -0.15) is 0 Å². The fourth-order valence-corrected chi connectivity index (χ4v) is 6.32. The predicted octanol–water partition coefficient (Wildman–Crippen LogP) is 4.00. The maximum Gasteiger partial charge on any atom is 0.346 e. The van der Waals surface area contributed by atoms with Gasteiger partial charge in [0.25, 0.3) is 0 Å². The summed E-state index contributed by atoms with van der Waals surface area (Å²) in [5, 5.41) is 14.9. The third kappa shape index (κ3) is 4.50. The normalized spacial score (nSPS) is 28.6. The first-order valence-electron chi connectivity index (χ1n) is 12.2. The van der Waals surface area contributed by atoms with Crippen LogP contribution in [0.2, 0.25) is 0 Å². The van der Waals surface area contributed by atoms with Crippen LogP contribution in [-0.4, -0.2) is 54.0 Å². The van der Waals surface area contributed by atoms with Crippen LogP contribution in [0.1, 0.15) is 49.3 Å². The zero-order valence-electron chi connectivity index (χ0n) is 20.8. The van der Waals surface area contributed by atoms with E-state index in [-0.39, 0.29) is 11.9 Å². The number of aliphatic imine (C=N–C) groups is 1. The molecule has 4 atom stereocenters. The van der Waals surface area contributed by atoms with Gasteiger partial charge in [0.1, 0.15) is 5.75 Å². The highest BCUT2D eigenvalue weighted by molar-refractivity contribution is 5.97. The number of rotatable bonds is 5. The van der Waals surface area contributed by atoms with Crippen molar-refractivity contribution >= 4 is 18.7 Å². The molecule has 186 valence electrons. The predicted molar refractivity (Wildman–Crippen MR) is 136 cm³/mol. The third-order valence-electron chi connectivity index (χ3n) is 8.30. The van der Waals surface area contributed by atoms with Crippen molar-refractivity contribution < 1.29 is 19.4 Å². The van der Waals surface area contributed by atoms with Crippen LogP contribution in [0.15, 0.2) is 53.5 Å². The van der Waals surface area contributed by atoms with Crippen LogP contribution in [0, 0.1) is 12.8 Å². The second kappa shape index (κ2) is 9.91. The molecule has 2 aliphatic rings. The Labute approximate surface area is 207 Å². The summed E-state index contributed by atoms with van der Waals surface area (Å²) in [6.45, 7) is 8.87. The van der Waals surface area contributed by atoms with Gasteiger partial charge in [0, 0.05) is 23.9 Å². The van der Waals surface area contributed by atoms with Crippen molar-refractivity contribution in [1.82, 2.24) is 10.2 Å². The largest absolute Gasteiger partial charge is 0.497 e. The van der Waals surface area contributed by atoms with Crippen LogP contribution in [-0.2, 0) is 16.8 Å². The Kier molecular flexibility index (Phi) is 7.10. The zero-order chi connectivity index (χ0) is 25.2. The number of amides is 3. The number of hydrogen-bond donors (Lipinski definition) is 2. The Morgan fingerprint density at radius 2 is 1.97 bits per heavy atom. The van der Waals surface area contributed by atoms with Crippen molar-refractivity contribution in [3.05, 3.63) is 65.2 Å². The fraction of sp³-hybridized carbons (Fsp3) is 0.464. The van der Waals surface area contributed by atoms with Gasteiger partial charge in [0.05, 0.1) is 12.7 Å². The van der Waals surface area contributed by atoms with Crippen LogP contribution in [0.5, 0.6) is 5.75 Å². The molecule has 2 aromatic rings. The Hall–Kier alpha value is -3.03. The van der Waals surface area contributed by atoms with E-state index in [0.29, 0.717) is 25.7 Å². The molecule has 1 heterocycles. The first-order chi connectivity index (χ1) is 16.7. The second-order valence-corrected chi connectivity index (χ2v) is 9.96. The molecule has 3 amide bonds. The first kappa shape index (κ1) is 25.1. The monoisotopic (exact) mass is 477 g/mol. The van der Waals surface area contributed by atoms with Gasteiger partial charge >= 0.3 is 6.03 Å². The van der Waals surface area contributed by atoms with E-state index in [0.717, 1.165) is 30.0 Å². The summed E-state index contributed by atoms with van der Waals surface area (Å²) < 4.78 is 5.54. The lowest BCUT2D eigenvalue weighted by atomic mass is 9.51. The van der Waals surface area contributed by atoms with Gasteiger partial charge < -0.3 is 9.84 Å². The maximum atomic E-state index is 13.0. The number of ether oxygens (including phenoxy) is 1. The highest BCUT2D eigenvalue weighted by Gasteiger charge is 2.61. The molecule has 1 aliphatic carbocycles. The average molecular weight is 478 g/mol. The van der Waals surface area contributed by atoms with Crippen LogP contribution in [0.3, 0.4) is 0 Å². The van der Waals surface area contributed by atoms with Crippen molar-refractivity contribution in [2.45, 2.75) is 63.1 Å². The average Bonchev–Trinajstić information content (AvgIpc) is 2.87. The van der Waals surface area contributed by atoms with E-state index in [1.54, 1.807) is 7.11 Å². The van der Waals surface area contributed by atoms with Crippen LogP contribution in [0.4, 0.5) is 4.79 Å². The molecule has 2 N–H and O–H groups in total. The van der Waals surface area contributed by atoms with Gasteiger partial charge in [0.15, 0.2) is 0 Å². The van der Waals surface area contributed by atoms with Gasteiger partial charge in [-0.05, 0) is 81.6 Å². The summed E-state index contributed by atoms with van der Waals surface area (Å²) in [6, 6.07) is 15.4. The molecule has 0 spiro atoms. The first-order valence-corrected chi connectivity index (χ1v) is 12.2. The number of carbonyl (C=O) groups is 2. The maximum absolute atomic E-state index is 13.0. The molecular formula is C28H35N3O4. The summed E-state index contributed by atoms with van der Waals surface area (Å²) in [5.74, 6) is -0.0532. The molecule has 1 saturated carbocycles. The number of carbonyl (C=O) groups excluding carboxylic acids is 2. The standard InChI is InChI=1S/C28H35N3O4/c1-19-10-11-23(35-4)16-24(19)27-14-15-31(18-21-8-6-5-7-9-21)20(2)28(27,34)13-12-22(17-27)25(32)30-26(33)29-3/h5-11,16,20,22,34H,3,12-15,17-18H2,1-2,4H3,(H,30,32,33).